The first-order valence-electron chi connectivity index (χ1n) is 7.05. The second-order valence-electron chi connectivity index (χ2n) is 5.22. The minimum atomic E-state index is -1.54. The van der Waals surface area contributed by atoms with E-state index in [2.05, 4.69) is 60.7 Å². The molecule has 0 aromatic heterocycles. The summed E-state index contributed by atoms with van der Waals surface area (Å²) in [5, 5.41) is 0.906. The van der Waals surface area contributed by atoms with Gasteiger partial charge in [-0.1, -0.05) is 0 Å². The van der Waals surface area contributed by atoms with Gasteiger partial charge in [-0.05, 0) is 0 Å². The Labute approximate surface area is 134 Å². The van der Waals surface area contributed by atoms with Gasteiger partial charge in [0.15, 0.2) is 0 Å². The zero-order valence-corrected chi connectivity index (χ0v) is 14.1. The Morgan fingerprint density at radius 2 is 1.10 bits per heavy atom. The zero-order chi connectivity index (χ0) is 14.2. The molecule has 1 aliphatic heterocycles. The van der Waals surface area contributed by atoms with Crippen LogP contribution in [0.3, 0.4) is 0 Å². The van der Waals surface area contributed by atoms with Gasteiger partial charge in [-0.25, -0.2) is 0 Å². The number of benzene rings is 3. The van der Waals surface area contributed by atoms with Crippen molar-refractivity contribution in [3.8, 4) is 0 Å². The minimum absolute atomic E-state index is 0.906. The van der Waals surface area contributed by atoms with Crippen LogP contribution in [0.25, 0.3) is 0 Å². The van der Waals surface area contributed by atoms with Crippen LogP contribution >= 0.6 is 11.6 Å². The van der Waals surface area contributed by atoms with Gasteiger partial charge >= 0.3 is 135 Å². The fourth-order valence-electron chi connectivity index (χ4n) is 2.98. The molecule has 2 heteroatoms. The molecular weight excluding hydrogens is 339 g/mol. The Bertz CT molecular complexity index is 749. The normalized spacial score (nSPS) is 13.6. The first-order valence-corrected chi connectivity index (χ1v) is 10.2. The molecule has 0 aliphatic carbocycles. The molecule has 4 rings (SSSR count). The summed E-state index contributed by atoms with van der Waals surface area (Å²) in [6.07, 6.45) is 1.04. The quantitative estimate of drug-likeness (QED) is 0.462. The number of hydrogen-bond donors (Lipinski definition) is 0. The molecule has 0 amide bonds. The van der Waals surface area contributed by atoms with E-state index >= 15 is 0 Å². The first kappa shape index (κ1) is 13.2. The van der Waals surface area contributed by atoms with E-state index in [4.69, 9.17) is 11.6 Å². The standard InChI is InChI=1S/C19H14AsCl/c21-19-12-6-5-11-18(19)20-16-9-3-1-7-14(16)13-15-8-2-4-10-17(15)20/h1-12H,13H2. The second-order valence-corrected chi connectivity index (χ2v) is 10.1. The van der Waals surface area contributed by atoms with Gasteiger partial charge in [0.05, 0.1) is 0 Å². The molecular formula is C19H14AsCl. The molecule has 0 fully saturated rings. The Kier molecular flexibility index (Phi) is 3.37. The van der Waals surface area contributed by atoms with Crippen LogP contribution in [0.4, 0.5) is 0 Å². The average molecular weight is 353 g/mol. The van der Waals surface area contributed by atoms with Gasteiger partial charge in [-0.15, -0.1) is 0 Å². The number of hydrogen-bond acceptors (Lipinski definition) is 0. The molecule has 0 radical (unpaired) electrons. The summed E-state index contributed by atoms with van der Waals surface area (Å²) in [6.45, 7) is 0. The molecule has 1 heterocycles. The average Bonchev–Trinajstić information content (AvgIpc) is 2.53. The second kappa shape index (κ2) is 5.37. The molecule has 3 aromatic rings. The first-order chi connectivity index (χ1) is 10.3. The third-order valence-corrected chi connectivity index (χ3v) is 10.2. The van der Waals surface area contributed by atoms with Gasteiger partial charge in [-0.2, -0.15) is 0 Å². The van der Waals surface area contributed by atoms with Crippen LogP contribution in [-0.2, 0) is 6.42 Å². The molecule has 0 saturated heterocycles. The molecule has 1 aliphatic rings. The summed E-state index contributed by atoms with van der Waals surface area (Å²) in [5.74, 6) is 0. The summed E-state index contributed by atoms with van der Waals surface area (Å²) in [6, 6.07) is 26.1. The predicted molar refractivity (Wildman–Crippen MR) is 91.8 cm³/mol. The van der Waals surface area contributed by atoms with Crippen molar-refractivity contribution in [1.29, 1.82) is 0 Å². The van der Waals surface area contributed by atoms with Crippen LogP contribution in [0, 0.1) is 0 Å². The molecule has 0 saturated carbocycles. The Balaban J connectivity index is 2.00. The van der Waals surface area contributed by atoms with Crippen LogP contribution in [0.15, 0.2) is 72.8 Å². The van der Waals surface area contributed by atoms with Crippen molar-refractivity contribution in [2.45, 2.75) is 6.42 Å². The molecule has 0 N–H and O–H groups in total. The van der Waals surface area contributed by atoms with Gasteiger partial charge in [0.1, 0.15) is 0 Å². The number of fused-ring (bicyclic) bond motifs is 2. The van der Waals surface area contributed by atoms with E-state index in [9.17, 15) is 0 Å². The summed E-state index contributed by atoms with van der Waals surface area (Å²) < 4.78 is 4.39. The molecule has 3 aromatic carbocycles. The molecule has 102 valence electrons. The fraction of sp³-hybridized carbons (Fsp3) is 0.0526. The van der Waals surface area contributed by atoms with Crippen molar-refractivity contribution < 1.29 is 0 Å². The van der Waals surface area contributed by atoms with Crippen molar-refractivity contribution in [2.75, 3.05) is 0 Å². The van der Waals surface area contributed by atoms with Crippen molar-refractivity contribution >= 4 is 39.3 Å². The van der Waals surface area contributed by atoms with E-state index in [1.54, 1.807) is 0 Å². The fourth-order valence-corrected chi connectivity index (χ4v) is 9.13. The van der Waals surface area contributed by atoms with Crippen LogP contribution in [0.2, 0.25) is 5.02 Å². The Morgan fingerprint density at radius 1 is 0.619 bits per heavy atom. The number of rotatable bonds is 1. The van der Waals surface area contributed by atoms with Crippen molar-refractivity contribution in [3.05, 3.63) is 88.9 Å². The van der Waals surface area contributed by atoms with Gasteiger partial charge in [0.25, 0.3) is 0 Å². The van der Waals surface area contributed by atoms with Gasteiger partial charge < -0.3 is 0 Å². The maximum absolute atomic E-state index is 6.53. The van der Waals surface area contributed by atoms with Gasteiger partial charge in [-0.3, -0.25) is 0 Å². The van der Waals surface area contributed by atoms with Crippen molar-refractivity contribution in [1.82, 2.24) is 0 Å². The zero-order valence-electron chi connectivity index (χ0n) is 11.5. The maximum atomic E-state index is 6.53. The summed E-state index contributed by atoms with van der Waals surface area (Å²) in [5.41, 5.74) is 2.94. The van der Waals surface area contributed by atoms with E-state index in [-0.39, 0.29) is 0 Å². The predicted octanol–water partition coefficient (Wildman–Crippen LogP) is 2.76. The van der Waals surface area contributed by atoms with Crippen molar-refractivity contribution in [3.63, 3.8) is 0 Å². The topological polar surface area (TPSA) is 0 Å². The van der Waals surface area contributed by atoms with Crippen LogP contribution in [0.1, 0.15) is 11.1 Å². The van der Waals surface area contributed by atoms with Gasteiger partial charge in [0.2, 0.25) is 0 Å². The third-order valence-electron chi connectivity index (χ3n) is 3.94. The van der Waals surface area contributed by atoms with E-state index < -0.39 is 14.7 Å². The van der Waals surface area contributed by atoms with Crippen LogP contribution in [-0.4, -0.2) is 14.7 Å². The van der Waals surface area contributed by atoms with Crippen molar-refractivity contribution in [2.24, 2.45) is 0 Å². The molecule has 0 spiro atoms. The molecule has 0 unspecified atom stereocenters. The van der Waals surface area contributed by atoms with E-state index in [0.717, 1.165) is 11.4 Å². The van der Waals surface area contributed by atoms with E-state index in [0.29, 0.717) is 0 Å². The van der Waals surface area contributed by atoms with Gasteiger partial charge in [0, 0.05) is 0 Å². The van der Waals surface area contributed by atoms with Crippen LogP contribution < -0.4 is 13.1 Å². The van der Waals surface area contributed by atoms with E-state index in [1.165, 1.54) is 24.2 Å². The number of halogens is 1. The summed E-state index contributed by atoms with van der Waals surface area (Å²) in [7, 11) is 0. The summed E-state index contributed by atoms with van der Waals surface area (Å²) >= 11 is 4.99. The molecule has 21 heavy (non-hydrogen) atoms. The Morgan fingerprint density at radius 3 is 1.67 bits per heavy atom. The monoisotopic (exact) mass is 352 g/mol. The van der Waals surface area contributed by atoms with Crippen LogP contribution in [0.5, 0.6) is 0 Å². The summed E-state index contributed by atoms with van der Waals surface area (Å²) in [4.78, 5) is 0. The van der Waals surface area contributed by atoms with E-state index in [1.807, 2.05) is 12.1 Å². The molecule has 0 nitrogen and oxygen atoms in total. The Hall–Kier alpha value is -1.49. The SMILES string of the molecule is Clc1ccccc1[As]1c2ccccc2Cc2ccccc21. The third kappa shape index (κ3) is 2.23. The molecule has 0 bridgehead atoms. The molecule has 0 atom stereocenters.